The molecule has 0 bridgehead atoms. The number of hydrogen-bond acceptors (Lipinski definition) is 4. The lowest BCUT2D eigenvalue weighted by molar-refractivity contribution is 0.493. The Morgan fingerprint density at radius 3 is 2.59 bits per heavy atom. The average Bonchev–Trinajstić information content (AvgIpc) is 2.29. The van der Waals surface area contributed by atoms with Crippen molar-refractivity contribution in [3.63, 3.8) is 0 Å². The third kappa shape index (κ3) is 2.75. The second-order valence-electron chi connectivity index (χ2n) is 5.77. The van der Waals surface area contributed by atoms with Crippen LogP contribution in [0.1, 0.15) is 33.4 Å². The van der Waals surface area contributed by atoms with Gasteiger partial charge in [-0.15, -0.1) is 5.10 Å². The molecule has 1 saturated heterocycles. The van der Waals surface area contributed by atoms with Gasteiger partial charge in [0, 0.05) is 31.1 Å². The van der Waals surface area contributed by atoms with Crippen LogP contribution in [0.15, 0.2) is 12.1 Å². The van der Waals surface area contributed by atoms with Crippen molar-refractivity contribution in [3.8, 4) is 0 Å². The molecule has 0 aromatic carbocycles. The third-order valence-electron chi connectivity index (χ3n) is 3.21. The van der Waals surface area contributed by atoms with E-state index in [1.807, 2.05) is 0 Å². The normalized spacial score (nSPS) is 21.6. The summed E-state index contributed by atoms with van der Waals surface area (Å²) < 4.78 is 0. The van der Waals surface area contributed by atoms with Gasteiger partial charge in [0.1, 0.15) is 0 Å². The second kappa shape index (κ2) is 4.61. The standard InChI is InChI=1S/C13H22N4/c1-10-9-14-7-8-17(10)12-6-5-11(15-16-12)13(2,3)4/h5-6,10,14H,7-9H2,1-4H3. The first-order valence-corrected chi connectivity index (χ1v) is 6.30. The lowest BCUT2D eigenvalue weighted by Gasteiger charge is -2.34. The van der Waals surface area contributed by atoms with Crippen LogP contribution in [0.4, 0.5) is 5.82 Å². The lowest BCUT2D eigenvalue weighted by Crippen LogP contribution is -2.50. The monoisotopic (exact) mass is 234 g/mol. The average molecular weight is 234 g/mol. The Balaban J connectivity index is 2.17. The third-order valence-corrected chi connectivity index (χ3v) is 3.21. The first-order chi connectivity index (χ1) is 7.98. The SMILES string of the molecule is CC1CNCCN1c1ccc(C(C)(C)C)nn1. The van der Waals surface area contributed by atoms with Crippen molar-refractivity contribution in [2.75, 3.05) is 24.5 Å². The van der Waals surface area contributed by atoms with Crippen molar-refractivity contribution in [2.45, 2.75) is 39.2 Å². The summed E-state index contributed by atoms with van der Waals surface area (Å²) >= 11 is 0. The van der Waals surface area contributed by atoms with E-state index in [-0.39, 0.29) is 5.41 Å². The fourth-order valence-corrected chi connectivity index (χ4v) is 2.06. The van der Waals surface area contributed by atoms with Gasteiger partial charge < -0.3 is 10.2 Å². The molecule has 0 spiro atoms. The summed E-state index contributed by atoms with van der Waals surface area (Å²) in [6, 6.07) is 4.67. The molecule has 2 heterocycles. The summed E-state index contributed by atoms with van der Waals surface area (Å²) in [5.74, 6) is 0.993. The van der Waals surface area contributed by atoms with Crippen molar-refractivity contribution in [3.05, 3.63) is 17.8 Å². The van der Waals surface area contributed by atoms with Crippen molar-refractivity contribution >= 4 is 5.82 Å². The van der Waals surface area contributed by atoms with E-state index in [9.17, 15) is 0 Å². The molecule has 1 aliphatic heterocycles. The number of aromatic nitrogens is 2. The summed E-state index contributed by atoms with van der Waals surface area (Å²) in [6.45, 7) is 11.7. The molecular weight excluding hydrogens is 212 g/mol. The van der Waals surface area contributed by atoms with E-state index in [4.69, 9.17) is 0 Å². The molecule has 1 aromatic heterocycles. The second-order valence-corrected chi connectivity index (χ2v) is 5.77. The van der Waals surface area contributed by atoms with E-state index in [0.717, 1.165) is 31.1 Å². The Morgan fingerprint density at radius 2 is 2.06 bits per heavy atom. The van der Waals surface area contributed by atoms with Gasteiger partial charge in [-0.25, -0.2) is 0 Å². The molecule has 2 rings (SSSR count). The van der Waals surface area contributed by atoms with Crippen LogP contribution in [0.3, 0.4) is 0 Å². The highest BCUT2D eigenvalue weighted by molar-refractivity contribution is 5.40. The molecule has 1 atom stereocenters. The maximum absolute atomic E-state index is 4.37. The number of hydrogen-bond donors (Lipinski definition) is 1. The summed E-state index contributed by atoms with van der Waals surface area (Å²) in [7, 11) is 0. The van der Waals surface area contributed by atoms with Gasteiger partial charge >= 0.3 is 0 Å². The molecule has 0 aliphatic carbocycles. The van der Waals surface area contributed by atoms with Gasteiger partial charge in [0.05, 0.1) is 5.69 Å². The van der Waals surface area contributed by atoms with Crippen LogP contribution in [0.25, 0.3) is 0 Å². The van der Waals surface area contributed by atoms with Gasteiger partial charge in [0.25, 0.3) is 0 Å². The molecule has 4 heteroatoms. The predicted molar refractivity (Wildman–Crippen MR) is 70.4 cm³/mol. The minimum atomic E-state index is 0.0700. The highest BCUT2D eigenvalue weighted by Crippen LogP contribution is 2.21. The summed E-state index contributed by atoms with van der Waals surface area (Å²) in [4.78, 5) is 2.32. The Labute approximate surface area is 103 Å². The minimum Gasteiger partial charge on any atom is -0.350 e. The maximum atomic E-state index is 4.37. The molecule has 17 heavy (non-hydrogen) atoms. The number of rotatable bonds is 1. The zero-order chi connectivity index (χ0) is 12.5. The molecule has 1 N–H and O–H groups in total. The number of piperazine rings is 1. The molecule has 0 radical (unpaired) electrons. The topological polar surface area (TPSA) is 41.0 Å². The van der Waals surface area contributed by atoms with Crippen LogP contribution < -0.4 is 10.2 Å². The molecule has 0 saturated carbocycles. The molecule has 1 aliphatic rings. The first kappa shape index (κ1) is 12.3. The molecule has 94 valence electrons. The fourth-order valence-electron chi connectivity index (χ4n) is 2.06. The molecule has 1 fully saturated rings. The van der Waals surface area contributed by atoms with Gasteiger partial charge in [0.2, 0.25) is 0 Å². The van der Waals surface area contributed by atoms with E-state index in [0.29, 0.717) is 6.04 Å². The number of anilines is 1. The largest absolute Gasteiger partial charge is 0.350 e. The molecule has 4 nitrogen and oxygen atoms in total. The highest BCUT2D eigenvalue weighted by Gasteiger charge is 2.21. The molecule has 1 aromatic rings. The van der Waals surface area contributed by atoms with Crippen LogP contribution in [0, 0.1) is 0 Å². The summed E-state index contributed by atoms with van der Waals surface area (Å²) in [5, 5.41) is 12.1. The van der Waals surface area contributed by atoms with Crippen LogP contribution >= 0.6 is 0 Å². The van der Waals surface area contributed by atoms with Gasteiger partial charge in [-0.2, -0.15) is 5.10 Å². The fraction of sp³-hybridized carbons (Fsp3) is 0.692. The van der Waals surface area contributed by atoms with Crippen molar-refractivity contribution < 1.29 is 0 Å². The number of nitrogens with zero attached hydrogens (tertiary/aromatic N) is 3. The van der Waals surface area contributed by atoms with Gasteiger partial charge in [-0.05, 0) is 19.1 Å². The summed E-state index contributed by atoms with van der Waals surface area (Å²) in [5.41, 5.74) is 1.12. The van der Waals surface area contributed by atoms with E-state index in [2.05, 4.69) is 60.2 Å². The van der Waals surface area contributed by atoms with Gasteiger partial charge in [-0.3, -0.25) is 0 Å². The van der Waals surface area contributed by atoms with Gasteiger partial charge in [0.15, 0.2) is 5.82 Å². The van der Waals surface area contributed by atoms with Crippen LogP contribution in [-0.4, -0.2) is 35.9 Å². The highest BCUT2D eigenvalue weighted by atomic mass is 15.3. The Kier molecular flexibility index (Phi) is 3.33. The zero-order valence-corrected chi connectivity index (χ0v) is 11.2. The van der Waals surface area contributed by atoms with Crippen molar-refractivity contribution in [1.82, 2.24) is 15.5 Å². The van der Waals surface area contributed by atoms with E-state index < -0.39 is 0 Å². The molecule has 1 unspecified atom stereocenters. The maximum Gasteiger partial charge on any atom is 0.151 e. The van der Waals surface area contributed by atoms with E-state index in [1.165, 1.54) is 0 Å². The van der Waals surface area contributed by atoms with Crippen LogP contribution in [-0.2, 0) is 5.41 Å². The first-order valence-electron chi connectivity index (χ1n) is 6.30. The molecule has 0 amide bonds. The minimum absolute atomic E-state index is 0.0700. The van der Waals surface area contributed by atoms with Crippen LogP contribution in [0.5, 0.6) is 0 Å². The smallest absolute Gasteiger partial charge is 0.151 e. The Morgan fingerprint density at radius 1 is 1.29 bits per heavy atom. The van der Waals surface area contributed by atoms with Gasteiger partial charge in [-0.1, -0.05) is 20.8 Å². The van der Waals surface area contributed by atoms with E-state index in [1.54, 1.807) is 0 Å². The summed E-state index contributed by atoms with van der Waals surface area (Å²) in [6.07, 6.45) is 0. The molecular formula is C13H22N4. The van der Waals surface area contributed by atoms with E-state index >= 15 is 0 Å². The lowest BCUT2D eigenvalue weighted by atomic mass is 9.92. The number of nitrogens with one attached hydrogen (secondary N) is 1. The quantitative estimate of drug-likeness (QED) is 0.801. The van der Waals surface area contributed by atoms with Crippen molar-refractivity contribution in [1.29, 1.82) is 0 Å². The Bertz CT molecular complexity index is 366. The van der Waals surface area contributed by atoms with Crippen molar-refractivity contribution in [2.24, 2.45) is 0 Å². The van der Waals surface area contributed by atoms with Crippen LogP contribution in [0.2, 0.25) is 0 Å². The zero-order valence-electron chi connectivity index (χ0n) is 11.2. The predicted octanol–water partition coefficient (Wildman–Crippen LogP) is 1.57. The Hall–Kier alpha value is -1.16.